The van der Waals surface area contributed by atoms with Gasteiger partial charge in [-0.15, -0.1) is 0 Å². The van der Waals surface area contributed by atoms with Gasteiger partial charge in [0.2, 0.25) is 21.7 Å². The number of benzene rings is 3. The number of halogens is 1. The van der Waals surface area contributed by atoms with Crippen molar-refractivity contribution in [2.75, 3.05) is 27.9 Å². The molecule has 1 atom stereocenters. The Morgan fingerprint density at radius 3 is 2.00 bits per heavy atom. The molecule has 0 spiro atoms. The van der Waals surface area contributed by atoms with E-state index in [0.29, 0.717) is 27.8 Å². The maximum absolute atomic E-state index is 12.8. The average Bonchev–Trinajstić information content (AvgIpc) is 2.97. The van der Waals surface area contributed by atoms with Crippen LogP contribution in [-0.2, 0) is 19.6 Å². The molecule has 0 unspecified atom stereocenters. The standard InChI is InChI=1S/C29H31ClN2O8S/c1-38-25-17-19(18-26(39-2)28(25)40-3)6-15-27(33)31-16-4-5-24(29(34)35)32-41(36,37)23-13-9-21(10-14-23)20-7-11-22(30)12-8-20/h6-15,17-18,24,32H,4-5,16H2,1-3H3,(H,31,33)(H,34,35)/t24-/m0/s1. The van der Waals surface area contributed by atoms with Crippen molar-refractivity contribution < 1.29 is 37.3 Å². The minimum Gasteiger partial charge on any atom is -0.493 e. The molecule has 1 amide bonds. The lowest BCUT2D eigenvalue weighted by molar-refractivity contribution is -0.139. The van der Waals surface area contributed by atoms with E-state index in [2.05, 4.69) is 10.0 Å². The van der Waals surface area contributed by atoms with Crippen molar-refractivity contribution in [3.8, 4) is 28.4 Å². The highest BCUT2D eigenvalue weighted by Crippen LogP contribution is 2.38. The fourth-order valence-electron chi connectivity index (χ4n) is 3.90. The number of hydrogen-bond acceptors (Lipinski definition) is 7. The Balaban J connectivity index is 1.54. The van der Waals surface area contributed by atoms with Crippen molar-refractivity contribution >= 4 is 39.6 Å². The van der Waals surface area contributed by atoms with Gasteiger partial charge in [0, 0.05) is 17.6 Å². The van der Waals surface area contributed by atoms with Crippen molar-refractivity contribution in [2.45, 2.75) is 23.8 Å². The Kier molecular flexibility index (Phi) is 11.2. The maximum Gasteiger partial charge on any atom is 0.321 e. The SMILES string of the molecule is COc1cc(C=CC(=O)NCCC[C@H](NS(=O)(=O)c2ccc(-c3ccc(Cl)cc3)cc2)C(=O)O)cc(OC)c1OC. The molecule has 10 nitrogen and oxygen atoms in total. The molecule has 218 valence electrons. The fraction of sp³-hybridized carbons (Fsp3) is 0.241. The van der Waals surface area contributed by atoms with Gasteiger partial charge in [0.05, 0.1) is 26.2 Å². The Bertz CT molecular complexity index is 1470. The highest BCUT2D eigenvalue weighted by Gasteiger charge is 2.25. The lowest BCUT2D eigenvalue weighted by atomic mass is 10.1. The van der Waals surface area contributed by atoms with E-state index >= 15 is 0 Å². The van der Waals surface area contributed by atoms with Crippen LogP contribution in [0.2, 0.25) is 5.02 Å². The molecule has 0 radical (unpaired) electrons. The molecule has 3 aromatic rings. The van der Waals surface area contributed by atoms with E-state index in [-0.39, 0.29) is 24.3 Å². The van der Waals surface area contributed by atoms with Crippen LogP contribution < -0.4 is 24.2 Å². The van der Waals surface area contributed by atoms with Gasteiger partial charge in [0.25, 0.3) is 0 Å². The number of carbonyl (C=O) groups excluding carboxylic acids is 1. The number of carbonyl (C=O) groups is 2. The molecule has 0 saturated heterocycles. The number of aliphatic carboxylic acids is 1. The molecular formula is C29H31ClN2O8S. The summed E-state index contributed by atoms with van der Waals surface area (Å²) in [4.78, 5) is 24.0. The number of carboxylic acid groups (broad SMARTS) is 1. The van der Waals surface area contributed by atoms with Crippen molar-refractivity contribution in [1.29, 1.82) is 0 Å². The van der Waals surface area contributed by atoms with Crippen LogP contribution in [0.5, 0.6) is 17.2 Å². The second-order valence-electron chi connectivity index (χ2n) is 8.77. The van der Waals surface area contributed by atoms with Gasteiger partial charge in [-0.1, -0.05) is 35.9 Å². The first-order valence-electron chi connectivity index (χ1n) is 12.4. The van der Waals surface area contributed by atoms with Crippen molar-refractivity contribution in [2.24, 2.45) is 0 Å². The van der Waals surface area contributed by atoms with Gasteiger partial charge in [-0.25, -0.2) is 8.42 Å². The van der Waals surface area contributed by atoms with Crippen molar-refractivity contribution in [1.82, 2.24) is 10.0 Å². The Hall–Kier alpha value is -4.06. The minimum absolute atomic E-state index is 0.0334. The van der Waals surface area contributed by atoms with Gasteiger partial charge in [0.1, 0.15) is 6.04 Å². The zero-order valence-electron chi connectivity index (χ0n) is 22.7. The highest BCUT2D eigenvalue weighted by molar-refractivity contribution is 7.89. The average molecular weight is 603 g/mol. The smallest absolute Gasteiger partial charge is 0.321 e. The summed E-state index contributed by atoms with van der Waals surface area (Å²) >= 11 is 5.91. The number of ether oxygens (including phenoxy) is 3. The molecule has 3 rings (SSSR count). The van der Waals surface area contributed by atoms with Crippen LogP contribution in [-0.4, -0.2) is 59.3 Å². The lowest BCUT2D eigenvalue weighted by Gasteiger charge is -2.15. The highest BCUT2D eigenvalue weighted by atomic mass is 35.5. The number of nitrogens with one attached hydrogen (secondary N) is 2. The van der Waals surface area contributed by atoms with Gasteiger partial charge in [-0.2, -0.15) is 4.72 Å². The fourth-order valence-corrected chi connectivity index (χ4v) is 5.25. The van der Waals surface area contributed by atoms with E-state index in [0.717, 1.165) is 11.1 Å². The Labute approximate surface area is 243 Å². The van der Waals surface area contributed by atoms with Crippen molar-refractivity contribution in [3.05, 3.63) is 77.3 Å². The summed E-state index contributed by atoms with van der Waals surface area (Å²) in [6, 6.07) is 15.2. The predicted molar refractivity (Wildman–Crippen MR) is 156 cm³/mol. The Morgan fingerprint density at radius 2 is 1.49 bits per heavy atom. The predicted octanol–water partition coefficient (Wildman–Crippen LogP) is 4.37. The quantitative estimate of drug-likeness (QED) is 0.182. The molecule has 3 aromatic carbocycles. The number of amides is 1. The number of sulfonamides is 1. The van der Waals surface area contributed by atoms with E-state index in [1.165, 1.54) is 39.5 Å². The third-order valence-corrected chi connectivity index (χ3v) is 7.76. The minimum atomic E-state index is -4.10. The summed E-state index contributed by atoms with van der Waals surface area (Å²) < 4.78 is 43.8. The zero-order valence-corrected chi connectivity index (χ0v) is 24.3. The third-order valence-electron chi connectivity index (χ3n) is 6.02. The summed E-state index contributed by atoms with van der Waals surface area (Å²) in [7, 11) is 0.364. The van der Waals surface area contributed by atoms with Crippen LogP contribution in [0.4, 0.5) is 0 Å². The molecule has 0 heterocycles. The largest absolute Gasteiger partial charge is 0.493 e. The van der Waals surface area contributed by atoms with E-state index in [9.17, 15) is 23.1 Å². The maximum atomic E-state index is 12.8. The molecule has 0 saturated carbocycles. The Morgan fingerprint density at radius 1 is 0.927 bits per heavy atom. The van der Waals surface area contributed by atoms with Gasteiger partial charge >= 0.3 is 5.97 Å². The molecule has 41 heavy (non-hydrogen) atoms. The van der Waals surface area contributed by atoms with Gasteiger partial charge in [-0.3, -0.25) is 9.59 Å². The van der Waals surface area contributed by atoms with E-state index in [4.69, 9.17) is 25.8 Å². The second-order valence-corrected chi connectivity index (χ2v) is 10.9. The molecule has 0 aliphatic carbocycles. The number of hydrogen-bond donors (Lipinski definition) is 3. The molecule has 0 aromatic heterocycles. The third kappa shape index (κ3) is 8.71. The molecule has 3 N–H and O–H groups in total. The number of carboxylic acids is 1. The van der Waals surface area contributed by atoms with Crippen LogP contribution in [0.15, 0.2) is 71.6 Å². The van der Waals surface area contributed by atoms with Crippen LogP contribution in [0.1, 0.15) is 18.4 Å². The lowest BCUT2D eigenvalue weighted by Crippen LogP contribution is -2.41. The first-order chi connectivity index (χ1) is 19.6. The topological polar surface area (TPSA) is 140 Å². The van der Waals surface area contributed by atoms with Crippen LogP contribution in [0.25, 0.3) is 17.2 Å². The van der Waals surface area contributed by atoms with Crippen LogP contribution in [0, 0.1) is 0 Å². The normalized spacial score (nSPS) is 12.1. The monoisotopic (exact) mass is 602 g/mol. The van der Waals surface area contributed by atoms with E-state index in [1.807, 2.05) is 12.1 Å². The van der Waals surface area contributed by atoms with E-state index in [1.54, 1.807) is 42.5 Å². The zero-order chi connectivity index (χ0) is 30.0. The first-order valence-corrected chi connectivity index (χ1v) is 14.3. The van der Waals surface area contributed by atoms with Gasteiger partial charge in [-0.05, 0) is 72.0 Å². The van der Waals surface area contributed by atoms with Crippen LogP contribution in [0.3, 0.4) is 0 Å². The van der Waals surface area contributed by atoms with Crippen LogP contribution >= 0.6 is 11.6 Å². The van der Waals surface area contributed by atoms with Crippen molar-refractivity contribution in [3.63, 3.8) is 0 Å². The van der Waals surface area contributed by atoms with Gasteiger partial charge in [0.15, 0.2) is 11.5 Å². The molecule has 0 aliphatic heterocycles. The summed E-state index contributed by atoms with van der Waals surface area (Å²) in [6.07, 6.45) is 3.06. The molecule has 0 bridgehead atoms. The number of methoxy groups -OCH3 is 3. The van der Waals surface area contributed by atoms with Gasteiger partial charge < -0.3 is 24.6 Å². The molecule has 0 fully saturated rings. The molecular weight excluding hydrogens is 572 g/mol. The van der Waals surface area contributed by atoms with E-state index < -0.39 is 27.9 Å². The summed E-state index contributed by atoms with van der Waals surface area (Å²) in [5.41, 5.74) is 2.27. The molecule has 12 heteroatoms. The first kappa shape index (κ1) is 31.5. The summed E-state index contributed by atoms with van der Waals surface area (Å²) in [5.74, 6) is -0.430. The molecule has 0 aliphatic rings. The summed E-state index contributed by atoms with van der Waals surface area (Å²) in [5, 5.41) is 12.8. The second kappa shape index (κ2) is 14.5. The summed E-state index contributed by atoms with van der Waals surface area (Å²) in [6.45, 7) is 0.139. The number of rotatable bonds is 14.